The van der Waals surface area contributed by atoms with Crippen LogP contribution in [-0.4, -0.2) is 31.4 Å². The number of amides is 1. The van der Waals surface area contributed by atoms with Crippen molar-refractivity contribution < 1.29 is 4.79 Å². The maximum atomic E-state index is 12.1. The number of nitrogens with one attached hydrogen (secondary N) is 1. The summed E-state index contributed by atoms with van der Waals surface area (Å²) in [4.78, 5) is 15.5. The number of hydrogen-bond acceptors (Lipinski definition) is 3. The van der Waals surface area contributed by atoms with Gasteiger partial charge in [0.2, 0.25) is 5.91 Å². The van der Waals surface area contributed by atoms with Gasteiger partial charge in [-0.2, -0.15) is 0 Å². The van der Waals surface area contributed by atoms with Crippen LogP contribution in [0.5, 0.6) is 0 Å². The number of hydrogen-bond donors (Lipinski definition) is 1. The summed E-state index contributed by atoms with van der Waals surface area (Å²) in [6, 6.07) is 12.5. The summed E-state index contributed by atoms with van der Waals surface area (Å²) in [6.07, 6.45) is 0.437. The van der Waals surface area contributed by atoms with E-state index in [-0.39, 0.29) is 11.9 Å². The van der Waals surface area contributed by atoms with Crippen molar-refractivity contribution in [2.24, 2.45) is 0 Å². The van der Waals surface area contributed by atoms with Crippen LogP contribution in [0, 0.1) is 6.92 Å². The molecule has 2 rings (SSSR count). The summed E-state index contributed by atoms with van der Waals surface area (Å²) in [5.74, 6) is 0.0732. The molecule has 0 saturated heterocycles. The molecule has 0 unspecified atom stereocenters. The van der Waals surface area contributed by atoms with Crippen molar-refractivity contribution in [1.82, 2.24) is 10.2 Å². The highest BCUT2D eigenvalue weighted by molar-refractivity contribution is 7.10. The fourth-order valence-electron chi connectivity index (χ4n) is 2.30. The molecule has 1 aromatic carbocycles. The van der Waals surface area contributed by atoms with Crippen LogP contribution in [0.25, 0.3) is 0 Å². The second-order valence-corrected chi connectivity index (χ2v) is 6.44. The molecule has 1 atom stereocenters. The van der Waals surface area contributed by atoms with Gasteiger partial charge in [-0.25, -0.2) is 0 Å². The molecule has 0 radical (unpaired) electrons. The number of aryl methyl sites for hydroxylation is 1. The number of thiophene rings is 1. The zero-order chi connectivity index (χ0) is 15.2. The minimum atomic E-state index is 0.0732. The van der Waals surface area contributed by atoms with E-state index in [0.717, 1.165) is 5.56 Å². The standard InChI is InChI=1S/C17H22N2OS/c1-13-6-4-7-14(10-13)11-17(20)18-12-15(19(2)3)16-8-5-9-21-16/h4-10,15H,11-12H2,1-3H3,(H,18,20)/t15-/m1/s1. The highest BCUT2D eigenvalue weighted by atomic mass is 32.1. The Balaban J connectivity index is 1.90. The lowest BCUT2D eigenvalue weighted by Gasteiger charge is -2.23. The Hall–Kier alpha value is -1.65. The summed E-state index contributed by atoms with van der Waals surface area (Å²) in [5.41, 5.74) is 2.25. The van der Waals surface area contributed by atoms with Gasteiger partial charge >= 0.3 is 0 Å². The van der Waals surface area contributed by atoms with Crippen molar-refractivity contribution >= 4 is 17.2 Å². The van der Waals surface area contributed by atoms with Crippen LogP contribution in [0.2, 0.25) is 0 Å². The fourth-order valence-corrected chi connectivity index (χ4v) is 3.22. The maximum absolute atomic E-state index is 12.1. The molecule has 21 heavy (non-hydrogen) atoms. The predicted octanol–water partition coefficient (Wildman–Crippen LogP) is 3.02. The van der Waals surface area contributed by atoms with Crippen molar-refractivity contribution in [3.8, 4) is 0 Å². The molecule has 0 aliphatic heterocycles. The fraction of sp³-hybridized carbons (Fsp3) is 0.353. The van der Waals surface area contributed by atoms with Gasteiger partial charge in [0, 0.05) is 11.4 Å². The van der Waals surface area contributed by atoms with Crippen LogP contribution in [0.3, 0.4) is 0 Å². The molecule has 1 heterocycles. The van der Waals surface area contributed by atoms with E-state index >= 15 is 0 Å². The lowest BCUT2D eigenvalue weighted by molar-refractivity contribution is -0.120. The third-order valence-corrected chi connectivity index (χ3v) is 4.41. The summed E-state index contributed by atoms with van der Waals surface area (Å²) in [5, 5.41) is 5.12. The Bertz CT molecular complexity index is 578. The molecule has 0 aliphatic rings. The van der Waals surface area contributed by atoms with E-state index in [9.17, 15) is 4.79 Å². The Kier molecular flexibility index (Phi) is 5.53. The quantitative estimate of drug-likeness (QED) is 0.889. The molecular formula is C17H22N2OS. The molecule has 1 aromatic heterocycles. The SMILES string of the molecule is Cc1cccc(CC(=O)NC[C@H](c2cccs2)N(C)C)c1. The van der Waals surface area contributed by atoms with Gasteiger partial charge in [-0.3, -0.25) is 4.79 Å². The van der Waals surface area contributed by atoms with Gasteiger partial charge in [-0.15, -0.1) is 11.3 Å². The zero-order valence-electron chi connectivity index (χ0n) is 12.8. The van der Waals surface area contributed by atoms with Gasteiger partial charge in [0.05, 0.1) is 12.5 Å². The first-order valence-corrected chi connectivity index (χ1v) is 7.96. The molecule has 4 heteroatoms. The van der Waals surface area contributed by atoms with Crippen LogP contribution in [0.4, 0.5) is 0 Å². The summed E-state index contributed by atoms with van der Waals surface area (Å²) < 4.78 is 0. The second kappa shape index (κ2) is 7.38. The number of benzene rings is 1. The monoisotopic (exact) mass is 302 g/mol. The highest BCUT2D eigenvalue weighted by Gasteiger charge is 2.16. The Labute approximate surface area is 130 Å². The van der Waals surface area contributed by atoms with Crippen molar-refractivity contribution in [3.63, 3.8) is 0 Å². The Morgan fingerprint density at radius 1 is 1.29 bits per heavy atom. The third kappa shape index (κ3) is 4.69. The number of carbonyl (C=O) groups is 1. The molecule has 0 saturated carbocycles. The van der Waals surface area contributed by atoms with Gasteiger partial charge in [-0.1, -0.05) is 35.9 Å². The average Bonchev–Trinajstić information content (AvgIpc) is 2.92. The summed E-state index contributed by atoms with van der Waals surface area (Å²) in [7, 11) is 4.08. The van der Waals surface area contributed by atoms with Gasteiger partial charge in [-0.05, 0) is 38.0 Å². The summed E-state index contributed by atoms with van der Waals surface area (Å²) >= 11 is 1.72. The number of likely N-dealkylation sites (N-methyl/N-ethyl adjacent to an activating group) is 1. The lowest BCUT2D eigenvalue weighted by atomic mass is 10.1. The van der Waals surface area contributed by atoms with Crippen molar-refractivity contribution in [3.05, 3.63) is 57.8 Å². The second-order valence-electron chi connectivity index (χ2n) is 5.46. The molecule has 1 N–H and O–H groups in total. The number of rotatable bonds is 6. The van der Waals surface area contributed by atoms with Crippen LogP contribution in [0.1, 0.15) is 22.0 Å². The Morgan fingerprint density at radius 2 is 2.10 bits per heavy atom. The smallest absolute Gasteiger partial charge is 0.224 e. The van der Waals surface area contributed by atoms with E-state index in [2.05, 4.69) is 27.7 Å². The molecule has 0 fully saturated rings. The number of nitrogens with zero attached hydrogens (tertiary/aromatic N) is 1. The first kappa shape index (κ1) is 15.7. The van der Waals surface area contributed by atoms with Gasteiger partial charge in [0.1, 0.15) is 0 Å². The van der Waals surface area contributed by atoms with Crippen LogP contribution in [0.15, 0.2) is 41.8 Å². The van der Waals surface area contributed by atoms with Crippen molar-refractivity contribution in [1.29, 1.82) is 0 Å². The summed E-state index contributed by atoms with van der Waals surface area (Å²) in [6.45, 7) is 2.68. The minimum absolute atomic E-state index is 0.0732. The minimum Gasteiger partial charge on any atom is -0.354 e. The molecule has 1 amide bonds. The normalized spacial score (nSPS) is 12.4. The molecular weight excluding hydrogens is 280 g/mol. The lowest BCUT2D eigenvalue weighted by Crippen LogP contribution is -2.34. The molecule has 0 aliphatic carbocycles. The predicted molar refractivity (Wildman–Crippen MR) is 88.6 cm³/mol. The van der Waals surface area contributed by atoms with E-state index in [1.165, 1.54) is 10.4 Å². The van der Waals surface area contributed by atoms with E-state index in [1.807, 2.05) is 45.3 Å². The van der Waals surface area contributed by atoms with E-state index in [4.69, 9.17) is 0 Å². The molecule has 3 nitrogen and oxygen atoms in total. The van der Waals surface area contributed by atoms with Crippen molar-refractivity contribution in [2.45, 2.75) is 19.4 Å². The van der Waals surface area contributed by atoms with Crippen LogP contribution >= 0.6 is 11.3 Å². The van der Waals surface area contributed by atoms with E-state index < -0.39 is 0 Å². The largest absolute Gasteiger partial charge is 0.354 e. The molecule has 0 spiro atoms. The highest BCUT2D eigenvalue weighted by Crippen LogP contribution is 2.22. The first-order valence-electron chi connectivity index (χ1n) is 7.08. The van der Waals surface area contributed by atoms with Gasteiger partial charge in [0.15, 0.2) is 0 Å². The third-order valence-electron chi connectivity index (χ3n) is 3.43. The zero-order valence-corrected chi connectivity index (χ0v) is 13.6. The van der Waals surface area contributed by atoms with Crippen molar-refractivity contribution in [2.75, 3.05) is 20.6 Å². The first-order chi connectivity index (χ1) is 10.1. The number of carbonyl (C=O) groups excluding carboxylic acids is 1. The average molecular weight is 302 g/mol. The molecule has 112 valence electrons. The van der Waals surface area contributed by atoms with Crippen LogP contribution in [-0.2, 0) is 11.2 Å². The van der Waals surface area contributed by atoms with Gasteiger partial charge in [0.25, 0.3) is 0 Å². The molecule has 2 aromatic rings. The van der Waals surface area contributed by atoms with E-state index in [1.54, 1.807) is 11.3 Å². The van der Waals surface area contributed by atoms with Crippen LogP contribution < -0.4 is 5.32 Å². The topological polar surface area (TPSA) is 32.3 Å². The Morgan fingerprint density at radius 3 is 2.71 bits per heavy atom. The van der Waals surface area contributed by atoms with Gasteiger partial charge < -0.3 is 10.2 Å². The van der Waals surface area contributed by atoms with E-state index in [0.29, 0.717) is 13.0 Å². The molecule has 0 bridgehead atoms. The maximum Gasteiger partial charge on any atom is 0.224 e.